The summed E-state index contributed by atoms with van der Waals surface area (Å²) in [5.41, 5.74) is 2.01. The van der Waals surface area contributed by atoms with Crippen LogP contribution in [0.5, 0.6) is 0 Å². The van der Waals surface area contributed by atoms with Crippen LogP contribution in [-0.2, 0) is 28.7 Å². The van der Waals surface area contributed by atoms with E-state index in [2.05, 4.69) is 15.6 Å². The van der Waals surface area contributed by atoms with Gasteiger partial charge in [-0.15, -0.1) is 0 Å². The van der Waals surface area contributed by atoms with Crippen LogP contribution in [0.1, 0.15) is 23.6 Å². The number of guanidine groups is 1. The molecule has 0 fully saturated rings. The molecular weight excluding hydrogens is 389 g/mol. The zero-order valence-corrected chi connectivity index (χ0v) is 16.9. The fraction of sp³-hybridized carbons (Fsp3) is 0.316. The average molecular weight is 412 g/mol. The van der Waals surface area contributed by atoms with E-state index in [-0.39, 0.29) is 12.3 Å². The first kappa shape index (κ1) is 21.2. The van der Waals surface area contributed by atoms with Gasteiger partial charge in [0, 0.05) is 24.4 Å². The Morgan fingerprint density at radius 1 is 1.11 bits per heavy atom. The molecule has 2 aromatic carbocycles. The summed E-state index contributed by atoms with van der Waals surface area (Å²) in [7, 11) is -3.23. The molecule has 0 amide bonds. The molecule has 0 spiro atoms. The number of rotatable bonds is 7. The Morgan fingerprint density at radius 2 is 1.85 bits per heavy atom. The number of hydrogen-bond acceptors (Lipinski definition) is 3. The van der Waals surface area contributed by atoms with Crippen LogP contribution in [0.3, 0.4) is 0 Å². The predicted octanol–water partition coefficient (Wildman–Crippen LogP) is 3.28. The zero-order valence-electron chi connectivity index (χ0n) is 15.3. The number of halogens is 2. The summed E-state index contributed by atoms with van der Waals surface area (Å²) in [6, 6.07) is 11.6. The SMILES string of the molecule is CCNC(=NCc1cc(F)ccc1CS(C)(=O)=O)NCc1ccccc1Cl. The van der Waals surface area contributed by atoms with E-state index in [9.17, 15) is 12.8 Å². The maximum absolute atomic E-state index is 13.6. The number of nitrogens with zero attached hydrogens (tertiary/aromatic N) is 1. The number of nitrogens with one attached hydrogen (secondary N) is 2. The lowest BCUT2D eigenvalue weighted by molar-refractivity contribution is 0.600. The van der Waals surface area contributed by atoms with Gasteiger partial charge in [0.25, 0.3) is 0 Å². The Bertz CT molecular complexity index is 917. The number of benzene rings is 2. The fourth-order valence-electron chi connectivity index (χ4n) is 2.49. The van der Waals surface area contributed by atoms with E-state index in [1.165, 1.54) is 18.2 Å². The molecule has 0 heterocycles. The molecule has 0 aliphatic carbocycles. The van der Waals surface area contributed by atoms with Gasteiger partial charge in [-0.3, -0.25) is 0 Å². The van der Waals surface area contributed by atoms with Gasteiger partial charge in [0.1, 0.15) is 5.82 Å². The van der Waals surface area contributed by atoms with E-state index in [1.54, 1.807) is 0 Å². The van der Waals surface area contributed by atoms with Crippen LogP contribution in [0.4, 0.5) is 4.39 Å². The first-order valence-corrected chi connectivity index (χ1v) is 10.9. The second-order valence-electron chi connectivity index (χ2n) is 6.12. The smallest absolute Gasteiger partial charge is 0.191 e. The van der Waals surface area contributed by atoms with Crippen molar-refractivity contribution in [1.82, 2.24) is 10.6 Å². The van der Waals surface area contributed by atoms with Crippen LogP contribution in [0.15, 0.2) is 47.5 Å². The third-order valence-electron chi connectivity index (χ3n) is 3.74. The van der Waals surface area contributed by atoms with Crippen LogP contribution in [0.25, 0.3) is 0 Å². The number of sulfone groups is 1. The summed E-state index contributed by atoms with van der Waals surface area (Å²) in [6.07, 6.45) is 1.15. The Morgan fingerprint density at radius 3 is 2.52 bits per heavy atom. The first-order chi connectivity index (χ1) is 12.8. The summed E-state index contributed by atoms with van der Waals surface area (Å²) >= 11 is 6.16. The van der Waals surface area contributed by atoms with Crippen LogP contribution >= 0.6 is 11.6 Å². The first-order valence-electron chi connectivity index (χ1n) is 8.49. The van der Waals surface area contributed by atoms with Crippen molar-refractivity contribution in [2.24, 2.45) is 4.99 Å². The highest BCUT2D eigenvalue weighted by Crippen LogP contribution is 2.16. The fourth-order valence-corrected chi connectivity index (χ4v) is 3.54. The van der Waals surface area contributed by atoms with Gasteiger partial charge in [0.2, 0.25) is 0 Å². The Labute approximate surface area is 164 Å². The van der Waals surface area contributed by atoms with E-state index >= 15 is 0 Å². The van der Waals surface area contributed by atoms with Crippen molar-refractivity contribution < 1.29 is 12.8 Å². The standard InChI is InChI=1S/C19H23ClFN3O2S/c1-3-22-19(23-11-14-6-4-5-7-18(14)20)24-12-16-10-17(21)9-8-15(16)13-27(2,25)26/h4-10H,3,11-13H2,1-2H3,(H2,22,23,24). The minimum absolute atomic E-state index is 0.151. The van der Waals surface area contributed by atoms with Crippen LogP contribution in [0, 0.1) is 5.82 Å². The maximum atomic E-state index is 13.6. The Hall–Kier alpha value is -2.12. The third kappa shape index (κ3) is 7.19. The molecule has 146 valence electrons. The molecular formula is C19H23ClFN3O2S. The molecule has 27 heavy (non-hydrogen) atoms. The molecule has 2 N–H and O–H groups in total. The molecule has 8 heteroatoms. The molecule has 0 radical (unpaired) electrons. The summed E-state index contributed by atoms with van der Waals surface area (Å²) in [4.78, 5) is 4.45. The van der Waals surface area contributed by atoms with E-state index in [0.29, 0.717) is 35.2 Å². The number of aliphatic imine (C=N–C) groups is 1. The van der Waals surface area contributed by atoms with Gasteiger partial charge in [-0.2, -0.15) is 0 Å². The predicted molar refractivity (Wildman–Crippen MR) is 108 cm³/mol. The highest BCUT2D eigenvalue weighted by atomic mass is 35.5. The van der Waals surface area contributed by atoms with Gasteiger partial charge in [0.15, 0.2) is 15.8 Å². The van der Waals surface area contributed by atoms with Gasteiger partial charge in [-0.1, -0.05) is 35.9 Å². The van der Waals surface area contributed by atoms with Crippen molar-refractivity contribution in [2.45, 2.75) is 25.8 Å². The Kier molecular flexibility index (Phi) is 7.62. The van der Waals surface area contributed by atoms with Crippen molar-refractivity contribution in [2.75, 3.05) is 12.8 Å². The summed E-state index contributed by atoms with van der Waals surface area (Å²) < 4.78 is 36.8. The van der Waals surface area contributed by atoms with E-state index < -0.39 is 15.7 Å². The summed E-state index contributed by atoms with van der Waals surface area (Å²) in [5.74, 6) is -0.0414. The van der Waals surface area contributed by atoms with Crippen molar-refractivity contribution in [3.63, 3.8) is 0 Å². The highest BCUT2D eigenvalue weighted by Gasteiger charge is 2.11. The van der Waals surface area contributed by atoms with E-state index in [0.717, 1.165) is 11.8 Å². The van der Waals surface area contributed by atoms with Gasteiger partial charge in [-0.05, 0) is 41.8 Å². The van der Waals surface area contributed by atoms with Gasteiger partial charge in [-0.25, -0.2) is 17.8 Å². The van der Waals surface area contributed by atoms with Gasteiger partial charge < -0.3 is 10.6 Å². The van der Waals surface area contributed by atoms with E-state index in [4.69, 9.17) is 11.6 Å². The zero-order chi connectivity index (χ0) is 19.9. The molecule has 0 bridgehead atoms. The monoisotopic (exact) mass is 411 g/mol. The molecule has 0 saturated heterocycles. The van der Waals surface area contributed by atoms with Crippen molar-refractivity contribution in [3.05, 3.63) is 70.0 Å². The van der Waals surface area contributed by atoms with Gasteiger partial charge >= 0.3 is 0 Å². The molecule has 5 nitrogen and oxygen atoms in total. The molecule has 2 aromatic rings. The average Bonchev–Trinajstić information content (AvgIpc) is 2.59. The maximum Gasteiger partial charge on any atom is 0.191 e. The summed E-state index contributed by atoms with van der Waals surface area (Å²) in [5, 5.41) is 6.94. The molecule has 0 aliphatic heterocycles. The quantitative estimate of drug-likeness (QED) is 0.541. The van der Waals surface area contributed by atoms with Crippen molar-refractivity contribution in [1.29, 1.82) is 0 Å². The molecule has 0 aromatic heterocycles. The van der Waals surface area contributed by atoms with Crippen molar-refractivity contribution >= 4 is 27.4 Å². The van der Waals surface area contributed by atoms with E-state index in [1.807, 2.05) is 31.2 Å². The largest absolute Gasteiger partial charge is 0.357 e. The van der Waals surface area contributed by atoms with Crippen LogP contribution in [0.2, 0.25) is 5.02 Å². The second kappa shape index (κ2) is 9.71. The van der Waals surface area contributed by atoms with Gasteiger partial charge in [0.05, 0.1) is 12.3 Å². The lowest BCUT2D eigenvalue weighted by atomic mass is 10.1. The number of hydrogen-bond donors (Lipinski definition) is 2. The Balaban J connectivity index is 2.16. The molecule has 0 saturated carbocycles. The second-order valence-corrected chi connectivity index (χ2v) is 8.67. The minimum atomic E-state index is -3.23. The topological polar surface area (TPSA) is 70.6 Å². The highest BCUT2D eigenvalue weighted by molar-refractivity contribution is 7.89. The van der Waals surface area contributed by atoms with Crippen molar-refractivity contribution in [3.8, 4) is 0 Å². The summed E-state index contributed by atoms with van der Waals surface area (Å²) in [6.45, 7) is 3.21. The lowest BCUT2D eigenvalue weighted by Gasteiger charge is -2.13. The minimum Gasteiger partial charge on any atom is -0.357 e. The molecule has 0 aliphatic rings. The normalized spacial score (nSPS) is 12.1. The molecule has 2 rings (SSSR count). The molecule has 0 atom stereocenters. The van der Waals surface area contributed by atoms with Crippen LogP contribution < -0.4 is 10.6 Å². The molecule has 0 unspecified atom stereocenters. The lowest BCUT2D eigenvalue weighted by Crippen LogP contribution is -2.36. The third-order valence-corrected chi connectivity index (χ3v) is 4.95. The van der Waals surface area contributed by atoms with Crippen LogP contribution in [-0.4, -0.2) is 27.2 Å².